The normalized spacial score (nSPS) is 19.2. The van der Waals surface area contributed by atoms with Gasteiger partial charge in [-0.3, -0.25) is 9.48 Å². The minimum Gasteiger partial charge on any atom is -0.394 e. The predicted molar refractivity (Wildman–Crippen MR) is 86.2 cm³/mol. The van der Waals surface area contributed by atoms with Crippen LogP contribution in [0.15, 0.2) is 36.7 Å². The molecule has 1 aromatic carbocycles. The van der Waals surface area contributed by atoms with Gasteiger partial charge in [0.15, 0.2) is 0 Å². The van der Waals surface area contributed by atoms with Gasteiger partial charge in [-0.25, -0.2) is 0 Å². The Labute approximate surface area is 135 Å². The zero-order valence-electron chi connectivity index (χ0n) is 13.0. The second-order valence-electron chi connectivity index (χ2n) is 6.81. The van der Waals surface area contributed by atoms with Crippen molar-refractivity contribution >= 4 is 5.91 Å². The summed E-state index contributed by atoms with van der Waals surface area (Å²) in [7, 11) is 0. The van der Waals surface area contributed by atoms with E-state index in [9.17, 15) is 9.90 Å². The highest BCUT2D eigenvalue weighted by atomic mass is 16.3. The van der Waals surface area contributed by atoms with Crippen LogP contribution in [0.3, 0.4) is 0 Å². The lowest BCUT2D eigenvalue weighted by Crippen LogP contribution is -2.52. The Morgan fingerprint density at radius 2 is 2.00 bits per heavy atom. The van der Waals surface area contributed by atoms with E-state index >= 15 is 0 Å². The fourth-order valence-electron chi connectivity index (χ4n) is 3.55. The molecular formula is C18H21N3O2. The number of aliphatic hydroxyl groups is 1. The summed E-state index contributed by atoms with van der Waals surface area (Å²) in [6.07, 6.45) is 8.30. The van der Waals surface area contributed by atoms with E-state index in [-0.39, 0.29) is 12.5 Å². The first-order chi connectivity index (χ1) is 11.2. The van der Waals surface area contributed by atoms with Crippen LogP contribution in [0.2, 0.25) is 0 Å². The summed E-state index contributed by atoms with van der Waals surface area (Å²) >= 11 is 0. The molecule has 120 valence electrons. The average molecular weight is 311 g/mol. The van der Waals surface area contributed by atoms with Gasteiger partial charge in [0.25, 0.3) is 5.91 Å². The van der Waals surface area contributed by atoms with Gasteiger partial charge in [0.2, 0.25) is 0 Å². The summed E-state index contributed by atoms with van der Waals surface area (Å²) in [5, 5.41) is 17.3. The van der Waals surface area contributed by atoms with E-state index in [2.05, 4.69) is 22.5 Å². The number of aromatic nitrogens is 2. The van der Waals surface area contributed by atoms with Crippen LogP contribution in [0.5, 0.6) is 0 Å². The van der Waals surface area contributed by atoms with E-state index in [1.54, 1.807) is 6.20 Å². The van der Waals surface area contributed by atoms with Gasteiger partial charge in [-0.05, 0) is 43.2 Å². The van der Waals surface area contributed by atoms with Crippen LogP contribution in [0.4, 0.5) is 0 Å². The third kappa shape index (κ3) is 2.55. The number of amides is 1. The summed E-state index contributed by atoms with van der Waals surface area (Å²) in [6, 6.07) is 8.56. The minimum absolute atomic E-state index is 0.0653. The Morgan fingerprint density at radius 1 is 1.30 bits per heavy atom. The van der Waals surface area contributed by atoms with Crippen LogP contribution in [-0.2, 0) is 12.8 Å². The van der Waals surface area contributed by atoms with Crippen molar-refractivity contribution in [3.8, 4) is 0 Å². The molecule has 5 nitrogen and oxygen atoms in total. The predicted octanol–water partition coefficient (Wildman–Crippen LogP) is 1.87. The first kappa shape index (κ1) is 14.5. The zero-order chi connectivity index (χ0) is 15.9. The smallest absolute Gasteiger partial charge is 0.255 e. The molecule has 2 aliphatic carbocycles. The summed E-state index contributed by atoms with van der Waals surface area (Å²) in [6.45, 7) is -0.0653. The van der Waals surface area contributed by atoms with Crippen LogP contribution < -0.4 is 5.32 Å². The van der Waals surface area contributed by atoms with Crippen molar-refractivity contribution < 1.29 is 9.90 Å². The molecule has 2 N–H and O–H groups in total. The first-order valence-electron chi connectivity index (χ1n) is 8.23. The van der Waals surface area contributed by atoms with Crippen molar-refractivity contribution in [2.24, 2.45) is 0 Å². The lowest BCUT2D eigenvalue weighted by Gasteiger charge is -2.28. The molecule has 1 saturated carbocycles. The third-order valence-electron chi connectivity index (χ3n) is 5.17. The fourth-order valence-corrected chi connectivity index (χ4v) is 3.55. The number of nitrogens with zero attached hydrogens (tertiary/aromatic N) is 2. The standard InChI is InChI=1S/C18H21N3O2/c22-12-18(8-13-4-1-2-5-14(13)9-18)20-17(23)15-10-19-21(11-15)16-6-3-7-16/h1-2,4-5,10-11,16,22H,3,6-9,12H2,(H,20,23). The summed E-state index contributed by atoms with van der Waals surface area (Å²) in [5.74, 6) is -0.155. The second kappa shape index (κ2) is 5.49. The summed E-state index contributed by atoms with van der Waals surface area (Å²) in [4.78, 5) is 12.6. The molecule has 1 aromatic heterocycles. The number of carbonyl (C=O) groups excluding carboxylic acids is 1. The van der Waals surface area contributed by atoms with Crippen LogP contribution in [0.1, 0.15) is 46.8 Å². The molecule has 1 fully saturated rings. The molecule has 0 aliphatic heterocycles. The molecule has 0 radical (unpaired) electrons. The number of hydrogen-bond donors (Lipinski definition) is 2. The topological polar surface area (TPSA) is 67.2 Å². The molecule has 0 bridgehead atoms. The number of benzene rings is 1. The Hall–Kier alpha value is -2.14. The van der Waals surface area contributed by atoms with Crippen molar-refractivity contribution in [3.63, 3.8) is 0 Å². The Bertz CT molecular complexity index is 708. The van der Waals surface area contributed by atoms with Crippen molar-refractivity contribution in [1.29, 1.82) is 0 Å². The van der Waals surface area contributed by atoms with Crippen LogP contribution in [-0.4, -0.2) is 32.9 Å². The maximum atomic E-state index is 12.6. The average Bonchev–Trinajstić information content (AvgIpc) is 3.10. The lowest BCUT2D eigenvalue weighted by molar-refractivity contribution is 0.0842. The quantitative estimate of drug-likeness (QED) is 0.906. The van der Waals surface area contributed by atoms with Gasteiger partial charge in [-0.1, -0.05) is 24.3 Å². The third-order valence-corrected chi connectivity index (χ3v) is 5.17. The highest BCUT2D eigenvalue weighted by molar-refractivity contribution is 5.94. The van der Waals surface area contributed by atoms with Crippen molar-refractivity contribution in [3.05, 3.63) is 53.3 Å². The van der Waals surface area contributed by atoms with Gasteiger partial charge in [-0.2, -0.15) is 5.10 Å². The van der Waals surface area contributed by atoms with E-state index in [4.69, 9.17) is 0 Å². The molecule has 0 atom stereocenters. The lowest BCUT2D eigenvalue weighted by atomic mass is 9.93. The van der Waals surface area contributed by atoms with Crippen LogP contribution in [0, 0.1) is 0 Å². The molecule has 23 heavy (non-hydrogen) atoms. The van der Waals surface area contributed by atoms with Gasteiger partial charge in [-0.15, -0.1) is 0 Å². The highest BCUT2D eigenvalue weighted by Gasteiger charge is 2.38. The SMILES string of the molecule is O=C(NC1(CO)Cc2ccccc2C1)c1cnn(C2CCC2)c1. The maximum Gasteiger partial charge on any atom is 0.255 e. The number of aliphatic hydroxyl groups excluding tert-OH is 1. The highest BCUT2D eigenvalue weighted by Crippen LogP contribution is 2.32. The molecular weight excluding hydrogens is 290 g/mol. The molecule has 4 rings (SSSR count). The molecule has 2 aliphatic rings. The summed E-state index contributed by atoms with van der Waals surface area (Å²) in [5.41, 5.74) is 2.37. The van der Waals surface area contributed by atoms with E-state index in [0.29, 0.717) is 24.4 Å². The number of carbonyl (C=O) groups is 1. The Balaban J connectivity index is 1.50. The Morgan fingerprint density at radius 3 is 2.57 bits per heavy atom. The van der Waals surface area contributed by atoms with E-state index < -0.39 is 5.54 Å². The van der Waals surface area contributed by atoms with E-state index in [0.717, 1.165) is 12.8 Å². The van der Waals surface area contributed by atoms with Crippen LogP contribution >= 0.6 is 0 Å². The first-order valence-corrected chi connectivity index (χ1v) is 8.23. The number of nitrogens with one attached hydrogen (secondary N) is 1. The Kier molecular flexibility index (Phi) is 3.45. The minimum atomic E-state index is -0.598. The molecule has 0 saturated heterocycles. The summed E-state index contributed by atoms with van der Waals surface area (Å²) < 4.78 is 1.90. The van der Waals surface area contributed by atoms with Crippen LogP contribution in [0.25, 0.3) is 0 Å². The molecule has 1 amide bonds. The monoisotopic (exact) mass is 311 g/mol. The number of fused-ring (bicyclic) bond motifs is 1. The van der Waals surface area contributed by atoms with Gasteiger partial charge in [0.1, 0.15) is 0 Å². The van der Waals surface area contributed by atoms with Crippen molar-refractivity contribution in [1.82, 2.24) is 15.1 Å². The molecule has 0 unspecified atom stereocenters. The molecule has 2 aromatic rings. The zero-order valence-corrected chi connectivity index (χ0v) is 13.0. The largest absolute Gasteiger partial charge is 0.394 e. The van der Waals surface area contributed by atoms with Crippen molar-refractivity contribution in [2.75, 3.05) is 6.61 Å². The maximum absolute atomic E-state index is 12.6. The molecule has 0 spiro atoms. The van der Waals surface area contributed by atoms with Gasteiger partial charge >= 0.3 is 0 Å². The van der Waals surface area contributed by atoms with Gasteiger partial charge < -0.3 is 10.4 Å². The fraction of sp³-hybridized carbons (Fsp3) is 0.444. The number of hydrogen-bond acceptors (Lipinski definition) is 3. The van der Waals surface area contributed by atoms with E-state index in [1.807, 2.05) is 23.0 Å². The van der Waals surface area contributed by atoms with Gasteiger partial charge in [0, 0.05) is 6.20 Å². The molecule has 5 heteroatoms. The molecule has 1 heterocycles. The second-order valence-corrected chi connectivity index (χ2v) is 6.81. The number of rotatable bonds is 4. The van der Waals surface area contributed by atoms with Gasteiger partial charge in [0.05, 0.1) is 29.9 Å². The van der Waals surface area contributed by atoms with Crippen molar-refractivity contribution in [2.45, 2.75) is 43.7 Å². The van der Waals surface area contributed by atoms with E-state index in [1.165, 1.54) is 17.5 Å².